The van der Waals surface area contributed by atoms with Crippen LogP contribution in [0.3, 0.4) is 0 Å². The van der Waals surface area contributed by atoms with E-state index < -0.39 is 6.10 Å². The van der Waals surface area contributed by atoms with Crippen molar-refractivity contribution in [3.05, 3.63) is 59.1 Å². The Hall–Kier alpha value is -3.06. The molecule has 2 aromatic rings. The van der Waals surface area contributed by atoms with Crippen LogP contribution in [0, 0.1) is 0 Å². The molecule has 150 valence electrons. The van der Waals surface area contributed by atoms with E-state index in [-0.39, 0.29) is 24.1 Å². The van der Waals surface area contributed by atoms with Gasteiger partial charge < -0.3 is 19.9 Å². The summed E-state index contributed by atoms with van der Waals surface area (Å²) in [5, 5.41) is 3.28. The van der Waals surface area contributed by atoms with Gasteiger partial charge in [-0.2, -0.15) is 0 Å². The Balaban J connectivity index is 1.32. The van der Waals surface area contributed by atoms with Crippen molar-refractivity contribution in [2.45, 2.75) is 12.5 Å². The smallest absolute Gasteiger partial charge is 0.266 e. The molecule has 0 radical (unpaired) electrons. The summed E-state index contributed by atoms with van der Waals surface area (Å²) in [6, 6.07) is 13.9. The van der Waals surface area contributed by atoms with Crippen molar-refractivity contribution in [1.82, 2.24) is 9.80 Å². The van der Waals surface area contributed by atoms with Crippen LogP contribution in [0.4, 0.5) is 5.69 Å². The standard InChI is InChI=1S/C21H20ClN3O4/c22-15-5-3-4-14(12-15)21(28)25-10-8-24(9-11-25)19(26)13-18-20(27)23-16-6-1-2-7-17(16)29-18/h1-7,12,18H,8-11,13H2,(H,23,27)/t18-/m0/s1. The van der Waals surface area contributed by atoms with Gasteiger partial charge in [0.2, 0.25) is 5.91 Å². The van der Waals surface area contributed by atoms with Crippen molar-refractivity contribution in [3.63, 3.8) is 0 Å². The summed E-state index contributed by atoms with van der Waals surface area (Å²) in [6.07, 6.45) is -0.897. The van der Waals surface area contributed by atoms with E-state index in [2.05, 4.69) is 5.32 Å². The molecular weight excluding hydrogens is 394 g/mol. The molecule has 1 N–H and O–H groups in total. The number of carbonyl (C=O) groups is 3. The molecule has 1 saturated heterocycles. The van der Waals surface area contributed by atoms with Gasteiger partial charge in [0.25, 0.3) is 11.8 Å². The van der Waals surface area contributed by atoms with Crippen molar-refractivity contribution in [2.75, 3.05) is 31.5 Å². The normalized spacial score (nSPS) is 18.5. The van der Waals surface area contributed by atoms with E-state index in [1.165, 1.54) is 0 Å². The number of rotatable bonds is 3. The van der Waals surface area contributed by atoms with Gasteiger partial charge in [-0.15, -0.1) is 0 Å². The number of piperazine rings is 1. The summed E-state index contributed by atoms with van der Waals surface area (Å²) in [5.41, 5.74) is 1.14. The molecule has 0 spiro atoms. The topological polar surface area (TPSA) is 79.0 Å². The van der Waals surface area contributed by atoms with Gasteiger partial charge >= 0.3 is 0 Å². The maximum Gasteiger partial charge on any atom is 0.266 e. The zero-order valence-corrected chi connectivity index (χ0v) is 16.4. The van der Waals surface area contributed by atoms with Crippen molar-refractivity contribution in [3.8, 4) is 5.75 Å². The molecule has 8 heteroatoms. The molecular formula is C21H20ClN3O4. The predicted octanol–water partition coefficient (Wildman–Crippen LogP) is 2.41. The van der Waals surface area contributed by atoms with Gasteiger partial charge in [0.1, 0.15) is 5.75 Å². The van der Waals surface area contributed by atoms with E-state index in [1.54, 1.807) is 52.3 Å². The van der Waals surface area contributed by atoms with E-state index in [4.69, 9.17) is 16.3 Å². The molecule has 1 atom stereocenters. The predicted molar refractivity (Wildman–Crippen MR) is 108 cm³/mol. The van der Waals surface area contributed by atoms with E-state index in [9.17, 15) is 14.4 Å². The summed E-state index contributed by atoms with van der Waals surface area (Å²) in [5.74, 6) is -0.0424. The van der Waals surface area contributed by atoms with Crippen molar-refractivity contribution in [2.24, 2.45) is 0 Å². The van der Waals surface area contributed by atoms with Crippen LogP contribution in [0.1, 0.15) is 16.8 Å². The highest BCUT2D eigenvalue weighted by atomic mass is 35.5. The molecule has 2 aliphatic rings. The van der Waals surface area contributed by atoms with E-state index in [0.717, 1.165) is 0 Å². The molecule has 0 bridgehead atoms. The largest absolute Gasteiger partial charge is 0.478 e. The second-order valence-electron chi connectivity index (χ2n) is 6.98. The summed E-state index contributed by atoms with van der Waals surface area (Å²) >= 11 is 5.96. The molecule has 0 aliphatic carbocycles. The fourth-order valence-corrected chi connectivity index (χ4v) is 3.67. The number of nitrogens with zero attached hydrogens (tertiary/aromatic N) is 2. The SMILES string of the molecule is O=C1Nc2ccccc2O[C@H]1CC(=O)N1CCN(C(=O)c2cccc(Cl)c2)CC1. The Bertz CT molecular complexity index is 956. The molecule has 7 nitrogen and oxygen atoms in total. The van der Waals surface area contributed by atoms with Crippen molar-refractivity contribution < 1.29 is 19.1 Å². The van der Waals surface area contributed by atoms with Gasteiger partial charge in [0.05, 0.1) is 12.1 Å². The summed E-state index contributed by atoms with van der Waals surface area (Å²) in [4.78, 5) is 40.9. The lowest BCUT2D eigenvalue weighted by Crippen LogP contribution is -2.52. The Kier molecular flexibility index (Phi) is 5.40. The molecule has 0 unspecified atom stereocenters. The number of carbonyl (C=O) groups excluding carboxylic acids is 3. The molecule has 2 aromatic carbocycles. The number of para-hydroxylation sites is 2. The van der Waals surface area contributed by atoms with E-state index in [0.29, 0.717) is 48.2 Å². The number of hydrogen-bond acceptors (Lipinski definition) is 4. The number of amides is 3. The summed E-state index contributed by atoms with van der Waals surface area (Å²) < 4.78 is 5.70. The summed E-state index contributed by atoms with van der Waals surface area (Å²) in [6.45, 7) is 1.68. The van der Waals surface area contributed by atoms with Gasteiger partial charge in [0.15, 0.2) is 6.10 Å². The number of anilines is 1. The monoisotopic (exact) mass is 413 g/mol. The minimum Gasteiger partial charge on any atom is -0.478 e. The first-order valence-corrected chi connectivity index (χ1v) is 9.78. The molecule has 2 heterocycles. The van der Waals surface area contributed by atoms with Crippen LogP contribution in [0.15, 0.2) is 48.5 Å². The van der Waals surface area contributed by atoms with E-state index >= 15 is 0 Å². The third-order valence-electron chi connectivity index (χ3n) is 5.06. The third kappa shape index (κ3) is 4.19. The zero-order valence-electron chi connectivity index (χ0n) is 15.6. The van der Waals surface area contributed by atoms with Crippen LogP contribution < -0.4 is 10.1 Å². The quantitative estimate of drug-likeness (QED) is 0.838. The molecule has 4 rings (SSSR count). The number of benzene rings is 2. The first-order valence-electron chi connectivity index (χ1n) is 9.40. The Morgan fingerprint density at radius 2 is 1.76 bits per heavy atom. The highest BCUT2D eigenvalue weighted by molar-refractivity contribution is 6.30. The van der Waals surface area contributed by atoms with Crippen molar-refractivity contribution >= 4 is 35.0 Å². The van der Waals surface area contributed by atoms with Crippen LogP contribution in [0.25, 0.3) is 0 Å². The lowest BCUT2D eigenvalue weighted by Gasteiger charge is -2.35. The number of ether oxygens (including phenoxy) is 1. The Labute approximate surface area is 173 Å². The van der Waals surface area contributed by atoms with Crippen LogP contribution in [0.2, 0.25) is 5.02 Å². The average Bonchev–Trinajstić information content (AvgIpc) is 2.74. The van der Waals surface area contributed by atoms with Gasteiger partial charge in [0, 0.05) is 36.8 Å². The lowest BCUT2D eigenvalue weighted by atomic mass is 10.1. The first-order chi connectivity index (χ1) is 14.0. The van der Waals surface area contributed by atoms with Crippen LogP contribution in [-0.4, -0.2) is 59.8 Å². The second kappa shape index (κ2) is 8.13. The molecule has 2 aliphatic heterocycles. The Morgan fingerprint density at radius 3 is 2.52 bits per heavy atom. The van der Waals surface area contributed by atoms with Gasteiger partial charge in [-0.3, -0.25) is 14.4 Å². The van der Waals surface area contributed by atoms with Gasteiger partial charge in [-0.05, 0) is 30.3 Å². The number of fused-ring (bicyclic) bond motifs is 1. The molecule has 1 fully saturated rings. The molecule has 29 heavy (non-hydrogen) atoms. The average molecular weight is 414 g/mol. The third-order valence-corrected chi connectivity index (χ3v) is 5.29. The van der Waals surface area contributed by atoms with E-state index in [1.807, 2.05) is 6.07 Å². The zero-order chi connectivity index (χ0) is 20.4. The highest BCUT2D eigenvalue weighted by Gasteiger charge is 2.32. The minimum atomic E-state index is -0.858. The first kappa shape index (κ1) is 19.3. The second-order valence-corrected chi connectivity index (χ2v) is 7.42. The fourth-order valence-electron chi connectivity index (χ4n) is 3.48. The van der Waals surface area contributed by atoms with Crippen LogP contribution in [0.5, 0.6) is 5.75 Å². The fraction of sp³-hybridized carbons (Fsp3) is 0.286. The lowest BCUT2D eigenvalue weighted by molar-refractivity contribution is -0.138. The highest BCUT2D eigenvalue weighted by Crippen LogP contribution is 2.29. The Morgan fingerprint density at radius 1 is 1.03 bits per heavy atom. The number of halogens is 1. The van der Waals surface area contributed by atoms with Gasteiger partial charge in [-0.25, -0.2) is 0 Å². The van der Waals surface area contributed by atoms with Gasteiger partial charge in [-0.1, -0.05) is 29.8 Å². The molecule has 0 aromatic heterocycles. The number of nitrogens with one attached hydrogen (secondary N) is 1. The van der Waals surface area contributed by atoms with Crippen molar-refractivity contribution in [1.29, 1.82) is 0 Å². The number of hydrogen-bond donors (Lipinski definition) is 1. The molecule has 0 saturated carbocycles. The maximum atomic E-state index is 12.7. The van der Waals surface area contributed by atoms with Crippen LogP contribution in [-0.2, 0) is 9.59 Å². The molecule has 3 amide bonds. The summed E-state index contributed by atoms with van der Waals surface area (Å²) in [7, 11) is 0. The van der Waals surface area contributed by atoms with Crippen LogP contribution >= 0.6 is 11.6 Å². The maximum absolute atomic E-state index is 12.7. The minimum absolute atomic E-state index is 0.0393.